The largest absolute Gasteiger partial charge is 0.472 e. The van der Waals surface area contributed by atoms with E-state index in [1.54, 1.807) is 12.5 Å². The second kappa shape index (κ2) is 3.97. The van der Waals surface area contributed by atoms with Crippen molar-refractivity contribution in [2.24, 2.45) is 11.7 Å². The van der Waals surface area contributed by atoms with E-state index in [1.807, 2.05) is 6.07 Å². The lowest BCUT2D eigenvalue weighted by atomic mass is 9.78. The highest BCUT2D eigenvalue weighted by atomic mass is 35.5. The maximum absolute atomic E-state index is 5.98. The molecule has 1 heterocycles. The summed E-state index contributed by atoms with van der Waals surface area (Å²) in [5.74, 6) is 0.701. The Kier molecular flexibility index (Phi) is 3.18. The van der Waals surface area contributed by atoms with Gasteiger partial charge in [-0.2, -0.15) is 0 Å². The Morgan fingerprint density at radius 3 is 2.67 bits per heavy atom. The van der Waals surface area contributed by atoms with E-state index in [2.05, 4.69) is 0 Å². The van der Waals surface area contributed by atoms with Crippen LogP contribution in [0.1, 0.15) is 30.9 Å². The molecule has 1 atom stereocenters. The normalized spacial score (nSPS) is 19.4. The summed E-state index contributed by atoms with van der Waals surface area (Å²) in [7, 11) is 0. The molecular weight excluding hydrogens is 174 g/mol. The van der Waals surface area contributed by atoms with E-state index in [0.29, 0.717) is 5.92 Å². The molecule has 0 radical (unpaired) electrons. The minimum Gasteiger partial charge on any atom is -0.472 e. The molecule has 12 heavy (non-hydrogen) atoms. The van der Waals surface area contributed by atoms with E-state index in [0.717, 1.165) is 5.56 Å². The highest BCUT2D eigenvalue weighted by molar-refractivity contribution is 5.85. The van der Waals surface area contributed by atoms with Crippen LogP contribution in [0.4, 0.5) is 0 Å². The zero-order valence-corrected chi connectivity index (χ0v) is 7.72. The third kappa shape index (κ3) is 1.65. The van der Waals surface area contributed by atoms with Gasteiger partial charge < -0.3 is 10.2 Å². The fraction of sp³-hybridized carbons (Fsp3) is 0.556. The molecule has 0 saturated heterocycles. The molecule has 68 valence electrons. The molecule has 1 aromatic heterocycles. The number of hydrogen-bond donors (Lipinski definition) is 1. The van der Waals surface area contributed by atoms with Gasteiger partial charge in [0.25, 0.3) is 0 Å². The molecule has 1 saturated carbocycles. The van der Waals surface area contributed by atoms with Crippen LogP contribution in [0, 0.1) is 5.92 Å². The Bertz CT molecular complexity index is 218. The zero-order chi connectivity index (χ0) is 7.68. The Balaban J connectivity index is 0.000000720. The van der Waals surface area contributed by atoms with Gasteiger partial charge in [-0.05, 0) is 24.8 Å². The molecule has 1 aromatic rings. The van der Waals surface area contributed by atoms with Gasteiger partial charge in [-0.3, -0.25) is 0 Å². The molecule has 0 aliphatic heterocycles. The van der Waals surface area contributed by atoms with E-state index in [-0.39, 0.29) is 18.4 Å². The van der Waals surface area contributed by atoms with Gasteiger partial charge in [-0.25, -0.2) is 0 Å². The summed E-state index contributed by atoms with van der Waals surface area (Å²) < 4.78 is 4.97. The van der Waals surface area contributed by atoms with Crippen LogP contribution in [-0.4, -0.2) is 0 Å². The lowest BCUT2D eigenvalue weighted by molar-refractivity contribution is 0.263. The fourth-order valence-corrected chi connectivity index (χ4v) is 1.54. The molecular formula is C9H14ClNO. The number of hydrogen-bond acceptors (Lipinski definition) is 2. The van der Waals surface area contributed by atoms with E-state index in [9.17, 15) is 0 Å². The predicted octanol–water partition coefficient (Wildman–Crippen LogP) is 2.50. The van der Waals surface area contributed by atoms with E-state index in [1.165, 1.54) is 19.3 Å². The minimum atomic E-state index is 0. The number of furan rings is 1. The fourth-order valence-electron chi connectivity index (χ4n) is 1.54. The maximum atomic E-state index is 5.98. The van der Waals surface area contributed by atoms with Gasteiger partial charge in [0.2, 0.25) is 0 Å². The summed E-state index contributed by atoms with van der Waals surface area (Å²) in [5.41, 5.74) is 7.13. The first-order valence-electron chi connectivity index (χ1n) is 4.15. The Labute approximate surface area is 78.5 Å². The van der Waals surface area contributed by atoms with Crippen molar-refractivity contribution in [3.8, 4) is 0 Å². The Morgan fingerprint density at radius 1 is 1.50 bits per heavy atom. The number of nitrogens with two attached hydrogens (primary N) is 1. The zero-order valence-electron chi connectivity index (χ0n) is 6.90. The molecule has 0 aromatic carbocycles. The SMILES string of the molecule is Cl.N[C@H](c1ccoc1)C1CCC1. The number of halogens is 1. The van der Waals surface area contributed by atoms with Gasteiger partial charge in [0, 0.05) is 11.6 Å². The molecule has 1 aliphatic carbocycles. The molecule has 1 aliphatic rings. The van der Waals surface area contributed by atoms with Gasteiger partial charge >= 0.3 is 0 Å². The second-order valence-electron chi connectivity index (χ2n) is 3.27. The molecule has 1 fully saturated rings. The first kappa shape index (κ1) is 9.62. The minimum absolute atomic E-state index is 0. The first-order chi connectivity index (χ1) is 5.38. The summed E-state index contributed by atoms with van der Waals surface area (Å²) in [6.45, 7) is 0. The summed E-state index contributed by atoms with van der Waals surface area (Å²) in [6.07, 6.45) is 7.35. The van der Waals surface area contributed by atoms with Crippen LogP contribution >= 0.6 is 12.4 Å². The summed E-state index contributed by atoms with van der Waals surface area (Å²) in [6, 6.07) is 2.17. The average molecular weight is 188 g/mol. The lowest BCUT2D eigenvalue weighted by Crippen LogP contribution is -2.26. The van der Waals surface area contributed by atoms with E-state index in [4.69, 9.17) is 10.2 Å². The molecule has 0 spiro atoms. The van der Waals surface area contributed by atoms with Gasteiger partial charge in [-0.15, -0.1) is 12.4 Å². The molecule has 0 unspecified atom stereocenters. The monoisotopic (exact) mass is 187 g/mol. The Hall–Kier alpha value is -0.470. The highest BCUT2D eigenvalue weighted by Crippen LogP contribution is 2.35. The molecule has 3 heteroatoms. The number of rotatable bonds is 2. The molecule has 0 amide bonds. The smallest absolute Gasteiger partial charge is 0.0950 e. The predicted molar refractivity (Wildman–Crippen MR) is 50.2 cm³/mol. The maximum Gasteiger partial charge on any atom is 0.0950 e. The second-order valence-corrected chi connectivity index (χ2v) is 3.27. The van der Waals surface area contributed by atoms with Crippen LogP contribution in [0.15, 0.2) is 23.0 Å². The van der Waals surface area contributed by atoms with Crippen molar-refractivity contribution in [3.05, 3.63) is 24.2 Å². The molecule has 0 bridgehead atoms. The quantitative estimate of drug-likeness (QED) is 0.773. The van der Waals surface area contributed by atoms with Crippen molar-refractivity contribution in [2.45, 2.75) is 25.3 Å². The van der Waals surface area contributed by atoms with Gasteiger partial charge in [0.15, 0.2) is 0 Å². The van der Waals surface area contributed by atoms with Crippen molar-refractivity contribution in [1.82, 2.24) is 0 Å². The standard InChI is InChI=1S/C9H13NO.ClH/c10-9(7-2-1-3-7)8-4-5-11-6-8;/h4-7,9H,1-3,10H2;1H/t9-;/m0./s1. The van der Waals surface area contributed by atoms with Gasteiger partial charge in [0.1, 0.15) is 0 Å². The molecule has 2 N–H and O–H groups in total. The molecule has 2 rings (SSSR count). The van der Waals surface area contributed by atoms with Crippen molar-refractivity contribution < 1.29 is 4.42 Å². The van der Waals surface area contributed by atoms with Gasteiger partial charge in [-0.1, -0.05) is 6.42 Å². The van der Waals surface area contributed by atoms with Crippen LogP contribution in [0.25, 0.3) is 0 Å². The summed E-state index contributed by atoms with van der Waals surface area (Å²) in [5, 5.41) is 0. The topological polar surface area (TPSA) is 39.2 Å². The van der Waals surface area contributed by atoms with E-state index < -0.39 is 0 Å². The summed E-state index contributed by atoms with van der Waals surface area (Å²) >= 11 is 0. The van der Waals surface area contributed by atoms with Crippen molar-refractivity contribution in [1.29, 1.82) is 0 Å². The third-order valence-electron chi connectivity index (χ3n) is 2.59. The van der Waals surface area contributed by atoms with Crippen molar-refractivity contribution >= 4 is 12.4 Å². The van der Waals surface area contributed by atoms with Crippen LogP contribution in [-0.2, 0) is 0 Å². The average Bonchev–Trinajstić information content (AvgIpc) is 2.32. The third-order valence-corrected chi connectivity index (χ3v) is 2.59. The van der Waals surface area contributed by atoms with E-state index >= 15 is 0 Å². The lowest BCUT2D eigenvalue weighted by Gasteiger charge is -2.30. The highest BCUT2D eigenvalue weighted by Gasteiger charge is 2.25. The Morgan fingerprint density at radius 2 is 2.25 bits per heavy atom. The van der Waals surface area contributed by atoms with Crippen LogP contribution in [0.5, 0.6) is 0 Å². The molecule has 2 nitrogen and oxygen atoms in total. The van der Waals surface area contributed by atoms with Crippen molar-refractivity contribution in [2.75, 3.05) is 0 Å². The van der Waals surface area contributed by atoms with Crippen LogP contribution in [0.2, 0.25) is 0 Å². The summed E-state index contributed by atoms with van der Waals surface area (Å²) in [4.78, 5) is 0. The van der Waals surface area contributed by atoms with Crippen LogP contribution in [0.3, 0.4) is 0 Å². The first-order valence-corrected chi connectivity index (χ1v) is 4.15. The van der Waals surface area contributed by atoms with Crippen LogP contribution < -0.4 is 5.73 Å². The van der Waals surface area contributed by atoms with Gasteiger partial charge in [0.05, 0.1) is 12.5 Å². The van der Waals surface area contributed by atoms with Crippen molar-refractivity contribution in [3.63, 3.8) is 0 Å².